The van der Waals surface area contributed by atoms with E-state index in [4.69, 9.17) is 0 Å². The third kappa shape index (κ3) is 1.78. The Labute approximate surface area is 124 Å². The molecule has 102 valence electrons. The van der Waals surface area contributed by atoms with Gasteiger partial charge in [0, 0.05) is 16.5 Å². The molecule has 21 heavy (non-hydrogen) atoms. The summed E-state index contributed by atoms with van der Waals surface area (Å²) in [6, 6.07) is 23.8. The van der Waals surface area contributed by atoms with Crippen molar-refractivity contribution in [2.45, 2.75) is 13.8 Å². The molecule has 1 heterocycles. The Hall–Kier alpha value is -2.54. The topological polar surface area (TPSA) is 4.93 Å². The van der Waals surface area contributed by atoms with Gasteiger partial charge in [-0.2, -0.15) is 0 Å². The van der Waals surface area contributed by atoms with Crippen LogP contribution in [0, 0.1) is 13.8 Å². The third-order valence-corrected chi connectivity index (χ3v) is 4.13. The lowest BCUT2D eigenvalue weighted by atomic mass is 10.1. The van der Waals surface area contributed by atoms with E-state index in [-0.39, 0.29) is 0 Å². The van der Waals surface area contributed by atoms with E-state index < -0.39 is 0 Å². The van der Waals surface area contributed by atoms with E-state index >= 15 is 0 Å². The van der Waals surface area contributed by atoms with Gasteiger partial charge in [-0.3, -0.25) is 0 Å². The van der Waals surface area contributed by atoms with Crippen LogP contribution in [0.2, 0.25) is 0 Å². The fourth-order valence-corrected chi connectivity index (χ4v) is 3.34. The monoisotopic (exact) mass is 271 g/mol. The molecule has 0 aliphatic heterocycles. The normalized spacial score (nSPS) is 11.3. The van der Waals surface area contributed by atoms with E-state index in [1.165, 1.54) is 38.6 Å². The van der Waals surface area contributed by atoms with Gasteiger partial charge in [0.05, 0.1) is 11.0 Å². The van der Waals surface area contributed by atoms with Crippen LogP contribution in [0.1, 0.15) is 11.1 Å². The summed E-state index contributed by atoms with van der Waals surface area (Å²) < 4.78 is 2.37. The molecule has 0 atom stereocenters. The molecule has 0 radical (unpaired) electrons. The lowest BCUT2D eigenvalue weighted by Crippen LogP contribution is -1.93. The summed E-state index contributed by atoms with van der Waals surface area (Å²) in [6.07, 6.45) is 0. The molecule has 0 N–H and O–H groups in total. The molecule has 0 amide bonds. The van der Waals surface area contributed by atoms with Crippen molar-refractivity contribution in [3.05, 3.63) is 77.9 Å². The molecule has 0 unspecified atom stereocenters. The maximum absolute atomic E-state index is 2.37. The van der Waals surface area contributed by atoms with Crippen LogP contribution >= 0.6 is 0 Å². The first-order valence-electron chi connectivity index (χ1n) is 7.31. The zero-order valence-electron chi connectivity index (χ0n) is 12.3. The maximum atomic E-state index is 2.37. The first-order valence-corrected chi connectivity index (χ1v) is 7.31. The zero-order valence-corrected chi connectivity index (χ0v) is 12.3. The number of nitrogens with zero attached hydrogens (tertiary/aromatic N) is 1. The lowest BCUT2D eigenvalue weighted by molar-refractivity contribution is 1.18. The molecule has 4 rings (SSSR count). The standard InChI is InChI=1S/C20H17N/c1-14-12-15(2)20-17-10-6-7-11-18(17)21(19(20)13-14)16-8-4-3-5-9-16/h3-13H,1-2H3. The van der Waals surface area contributed by atoms with Gasteiger partial charge in [0.2, 0.25) is 0 Å². The largest absolute Gasteiger partial charge is 0.309 e. The number of rotatable bonds is 1. The van der Waals surface area contributed by atoms with Crippen molar-refractivity contribution < 1.29 is 0 Å². The van der Waals surface area contributed by atoms with Crippen molar-refractivity contribution in [3.8, 4) is 5.69 Å². The first-order chi connectivity index (χ1) is 10.3. The number of benzene rings is 3. The van der Waals surface area contributed by atoms with Crippen LogP contribution < -0.4 is 0 Å². The molecule has 4 aromatic rings. The first kappa shape index (κ1) is 12.2. The van der Waals surface area contributed by atoms with Gasteiger partial charge in [-0.25, -0.2) is 0 Å². The molecule has 0 spiro atoms. The molecule has 3 aromatic carbocycles. The number of hydrogen-bond acceptors (Lipinski definition) is 0. The van der Waals surface area contributed by atoms with Crippen LogP contribution in [0.15, 0.2) is 66.7 Å². The molecule has 0 saturated carbocycles. The Bertz CT molecular complexity index is 946. The molecule has 1 nitrogen and oxygen atoms in total. The third-order valence-electron chi connectivity index (χ3n) is 4.13. The quantitative estimate of drug-likeness (QED) is 0.437. The van der Waals surface area contributed by atoms with Crippen LogP contribution in [0.5, 0.6) is 0 Å². The van der Waals surface area contributed by atoms with Gasteiger partial charge in [0.1, 0.15) is 0 Å². The molecular formula is C20H17N. The molecule has 0 bridgehead atoms. The molecule has 0 aliphatic rings. The second-order valence-corrected chi connectivity index (χ2v) is 5.66. The fraction of sp³-hybridized carbons (Fsp3) is 0.100. The predicted octanol–water partition coefficient (Wildman–Crippen LogP) is 5.40. The van der Waals surface area contributed by atoms with Crippen molar-refractivity contribution in [3.63, 3.8) is 0 Å². The van der Waals surface area contributed by atoms with Gasteiger partial charge in [-0.15, -0.1) is 0 Å². The van der Waals surface area contributed by atoms with Crippen LogP contribution in [0.25, 0.3) is 27.5 Å². The highest BCUT2D eigenvalue weighted by molar-refractivity contribution is 6.11. The average molecular weight is 271 g/mol. The highest BCUT2D eigenvalue weighted by Gasteiger charge is 2.13. The van der Waals surface area contributed by atoms with E-state index in [1.807, 2.05) is 0 Å². The van der Waals surface area contributed by atoms with Crippen LogP contribution in [0.4, 0.5) is 0 Å². The zero-order chi connectivity index (χ0) is 14.4. The Morgan fingerprint density at radius 3 is 2.24 bits per heavy atom. The van der Waals surface area contributed by atoms with E-state index in [1.54, 1.807) is 0 Å². The summed E-state index contributed by atoms with van der Waals surface area (Å²) in [5.41, 5.74) is 6.43. The summed E-state index contributed by atoms with van der Waals surface area (Å²) >= 11 is 0. The highest BCUT2D eigenvalue weighted by atomic mass is 15.0. The Morgan fingerprint density at radius 2 is 1.43 bits per heavy atom. The van der Waals surface area contributed by atoms with Gasteiger partial charge in [-0.05, 0) is 49.2 Å². The number of para-hydroxylation sites is 2. The Kier molecular flexibility index (Phi) is 2.61. The summed E-state index contributed by atoms with van der Waals surface area (Å²) in [5, 5.41) is 2.69. The number of fused-ring (bicyclic) bond motifs is 3. The molecule has 1 heteroatoms. The smallest absolute Gasteiger partial charge is 0.0546 e. The van der Waals surface area contributed by atoms with Crippen molar-refractivity contribution >= 4 is 21.8 Å². The van der Waals surface area contributed by atoms with Gasteiger partial charge >= 0.3 is 0 Å². The average Bonchev–Trinajstić information content (AvgIpc) is 2.82. The maximum Gasteiger partial charge on any atom is 0.0546 e. The second-order valence-electron chi connectivity index (χ2n) is 5.66. The second kappa shape index (κ2) is 4.49. The van der Waals surface area contributed by atoms with E-state index in [0.717, 1.165) is 0 Å². The molecule has 0 fully saturated rings. The van der Waals surface area contributed by atoms with Crippen molar-refractivity contribution in [2.24, 2.45) is 0 Å². The minimum atomic E-state index is 1.22. The van der Waals surface area contributed by atoms with Crippen LogP contribution in [-0.4, -0.2) is 4.57 Å². The SMILES string of the molecule is Cc1cc(C)c2c3ccccc3n(-c3ccccc3)c2c1. The minimum Gasteiger partial charge on any atom is -0.309 e. The Morgan fingerprint density at radius 1 is 0.714 bits per heavy atom. The Balaban J connectivity index is 2.27. The minimum absolute atomic E-state index is 1.22. The molecule has 1 aromatic heterocycles. The van der Waals surface area contributed by atoms with Crippen LogP contribution in [0.3, 0.4) is 0 Å². The van der Waals surface area contributed by atoms with Crippen molar-refractivity contribution in [1.29, 1.82) is 0 Å². The summed E-state index contributed by atoms with van der Waals surface area (Å²) in [7, 11) is 0. The molecule has 0 aliphatic carbocycles. The van der Waals surface area contributed by atoms with Crippen molar-refractivity contribution in [1.82, 2.24) is 4.57 Å². The van der Waals surface area contributed by atoms with E-state index in [9.17, 15) is 0 Å². The molecular weight excluding hydrogens is 254 g/mol. The van der Waals surface area contributed by atoms with E-state index in [0.29, 0.717) is 0 Å². The van der Waals surface area contributed by atoms with Crippen LogP contribution in [-0.2, 0) is 0 Å². The summed E-state index contributed by atoms with van der Waals surface area (Å²) in [5.74, 6) is 0. The fourth-order valence-electron chi connectivity index (χ4n) is 3.34. The van der Waals surface area contributed by atoms with E-state index in [2.05, 4.69) is 85.1 Å². The molecule has 0 saturated heterocycles. The van der Waals surface area contributed by atoms with Crippen molar-refractivity contribution in [2.75, 3.05) is 0 Å². The highest BCUT2D eigenvalue weighted by Crippen LogP contribution is 2.34. The number of hydrogen-bond donors (Lipinski definition) is 0. The lowest BCUT2D eigenvalue weighted by Gasteiger charge is -2.08. The number of aromatic nitrogens is 1. The summed E-state index contributed by atoms with van der Waals surface area (Å²) in [6.45, 7) is 4.37. The predicted molar refractivity (Wildman–Crippen MR) is 90.3 cm³/mol. The summed E-state index contributed by atoms with van der Waals surface area (Å²) in [4.78, 5) is 0. The van der Waals surface area contributed by atoms with Gasteiger partial charge in [-0.1, -0.05) is 42.5 Å². The number of aryl methyl sites for hydroxylation is 2. The van der Waals surface area contributed by atoms with Gasteiger partial charge in [0.15, 0.2) is 0 Å². The van der Waals surface area contributed by atoms with Gasteiger partial charge in [0.25, 0.3) is 0 Å². The van der Waals surface area contributed by atoms with Gasteiger partial charge < -0.3 is 4.57 Å².